The quantitative estimate of drug-likeness (QED) is 0.799. The molecule has 0 saturated carbocycles. The first-order valence-corrected chi connectivity index (χ1v) is 5.66. The number of hydrogen-bond acceptors (Lipinski definition) is 4. The van der Waals surface area contributed by atoms with Crippen LogP contribution < -0.4 is 15.5 Å². The zero-order valence-electron chi connectivity index (χ0n) is 10.8. The molecule has 0 saturated heterocycles. The highest BCUT2D eigenvalue weighted by atomic mass is 16.1. The van der Waals surface area contributed by atoms with Crippen LogP contribution in [0.5, 0.6) is 0 Å². The van der Waals surface area contributed by atoms with Gasteiger partial charge < -0.3 is 15.5 Å². The number of hydrogen-bond donors (Lipinski definition) is 2. The van der Waals surface area contributed by atoms with E-state index in [2.05, 4.69) is 15.6 Å². The fourth-order valence-corrected chi connectivity index (χ4v) is 1.61. The van der Waals surface area contributed by atoms with Crippen LogP contribution in [0.2, 0.25) is 0 Å². The Morgan fingerprint density at radius 3 is 2.76 bits per heavy atom. The molecule has 1 rings (SSSR count). The third-order valence-corrected chi connectivity index (χ3v) is 2.62. The molecule has 0 aliphatic heterocycles. The van der Waals surface area contributed by atoms with Crippen LogP contribution in [-0.4, -0.2) is 38.6 Å². The summed E-state index contributed by atoms with van der Waals surface area (Å²) in [5.74, 6) is 1.65. The van der Waals surface area contributed by atoms with Crippen molar-refractivity contribution >= 4 is 17.5 Å². The molecule has 0 spiro atoms. The van der Waals surface area contributed by atoms with Gasteiger partial charge in [-0.3, -0.25) is 4.79 Å². The fourth-order valence-electron chi connectivity index (χ4n) is 1.61. The lowest BCUT2D eigenvalue weighted by molar-refractivity contribution is -0.123. The Balaban J connectivity index is 2.68. The summed E-state index contributed by atoms with van der Waals surface area (Å²) in [6.07, 6.45) is 0. The van der Waals surface area contributed by atoms with E-state index < -0.39 is 0 Å². The maximum Gasteiger partial charge on any atom is 0.224 e. The highest BCUT2D eigenvalue weighted by Crippen LogP contribution is 2.13. The second-order valence-electron chi connectivity index (χ2n) is 4.03. The van der Waals surface area contributed by atoms with E-state index in [1.165, 1.54) is 0 Å². The summed E-state index contributed by atoms with van der Waals surface area (Å²) in [4.78, 5) is 17.8. The number of amides is 1. The van der Waals surface area contributed by atoms with Gasteiger partial charge in [-0.15, -0.1) is 0 Å². The molecule has 0 aliphatic carbocycles. The topological polar surface area (TPSA) is 57.3 Å². The Hall–Kier alpha value is -1.78. The third-order valence-electron chi connectivity index (χ3n) is 2.62. The predicted octanol–water partition coefficient (Wildman–Crippen LogP) is 0.942. The van der Waals surface area contributed by atoms with Crippen LogP contribution in [-0.2, 0) is 4.79 Å². The van der Waals surface area contributed by atoms with E-state index in [4.69, 9.17) is 0 Å². The SMILES string of the molecule is CNC(=O)C(C)CN(C)c1cccc(NC)n1. The van der Waals surface area contributed by atoms with E-state index >= 15 is 0 Å². The molecule has 1 heterocycles. The van der Waals surface area contributed by atoms with Crippen molar-refractivity contribution in [3.05, 3.63) is 18.2 Å². The van der Waals surface area contributed by atoms with Crippen molar-refractivity contribution in [3.63, 3.8) is 0 Å². The molecule has 1 atom stereocenters. The van der Waals surface area contributed by atoms with Crippen molar-refractivity contribution in [1.82, 2.24) is 10.3 Å². The first-order chi connectivity index (χ1) is 8.08. The Morgan fingerprint density at radius 1 is 1.47 bits per heavy atom. The Bertz CT molecular complexity index is 381. The average molecular weight is 236 g/mol. The lowest BCUT2D eigenvalue weighted by Gasteiger charge is -2.22. The molecule has 0 aliphatic rings. The first kappa shape index (κ1) is 13.3. The van der Waals surface area contributed by atoms with Gasteiger partial charge in [-0.2, -0.15) is 0 Å². The van der Waals surface area contributed by atoms with Crippen LogP contribution in [0.25, 0.3) is 0 Å². The number of carbonyl (C=O) groups is 1. The van der Waals surface area contributed by atoms with Gasteiger partial charge in [0.05, 0.1) is 5.92 Å². The summed E-state index contributed by atoms with van der Waals surface area (Å²) in [6, 6.07) is 5.77. The van der Waals surface area contributed by atoms with E-state index in [0.717, 1.165) is 11.6 Å². The molecule has 2 N–H and O–H groups in total. The molecule has 5 nitrogen and oxygen atoms in total. The van der Waals surface area contributed by atoms with Crippen molar-refractivity contribution in [2.75, 3.05) is 37.9 Å². The molecule has 0 fully saturated rings. The summed E-state index contributed by atoms with van der Waals surface area (Å²) in [5, 5.41) is 5.64. The summed E-state index contributed by atoms with van der Waals surface area (Å²) >= 11 is 0. The van der Waals surface area contributed by atoms with Gasteiger partial charge in [0, 0.05) is 27.7 Å². The summed E-state index contributed by atoms with van der Waals surface area (Å²) in [7, 11) is 5.42. The number of nitrogens with one attached hydrogen (secondary N) is 2. The van der Waals surface area contributed by atoms with Gasteiger partial charge in [0.1, 0.15) is 11.6 Å². The Morgan fingerprint density at radius 2 is 2.18 bits per heavy atom. The summed E-state index contributed by atoms with van der Waals surface area (Å²) in [6.45, 7) is 2.54. The van der Waals surface area contributed by atoms with Crippen LogP contribution >= 0.6 is 0 Å². The summed E-state index contributed by atoms with van der Waals surface area (Å²) in [5.41, 5.74) is 0. The molecule has 0 radical (unpaired) electrons. The number of anilines is 2. The van der Waals surface area contributed by atoms with Crippen molar-refractivity contribution in [2.24, 2.45) is 5.92 Å². The van der Waals surface area contributed by atoms with E-state index in [0.29, 0.717) is 6.54 Å². The monoisotopic (exact) mass is 236 g/mol. The molecule has 1 amide bonds. The van der Waals surface area contributed by atoms with Crippen molar-refractivity contribution in [3.8, 4) is 0 Å². The third kappa shape index (κ3) is 3.62. The van der Waals surface area contributed by atoms with Gasteiger partial charge in [-0.25, -0.2) is 4.98 Å². The molecular weight excluding hydrogens is 216 g/mol. The van der Waals surface area contributed by atoms with Gasteiger partial charge in [-0.1, -0.05) is 13.0 Å². The lowest BCUT2D eigenvalue weighted by atomic mass is 10.1. The van der Waals surface area contributed by atoms with Crippen LogP contribution in [0, 0.1) is 5.92 Å². The minimum Gasteiger partial charge on any atom is -0.373 e. The first-order valence-electron chi connectivity index (χ1n) is 5.66. The smallest absolute Gasteiger partial charge is 0.224 e. The highest BCUT2D eigenvalue weighted by Gasteiger charge is 2.14. The molecule has 5 heteroatoms. The zero-order chi connectivity index (χ0) is 12.8. The molecule has 0 aromatic carbocycles. The average Bonchev–Trinajstić information content (AvgIpc) is 2.37. The van der Waals surface area contributed by atoms with E-state index in [9.17, 15) is 4.79 Å². The predicted molar refractivity (Wildman–Crippen MR) is 70.3 cm³/mol. The second kappa shape index (κ2) is 6.08. The minimum atomic E-state index is -0.0648. The van der Waals surface area contributed by atoms with Crippen molar-refractivity contribution in [2.45, 2.75) is 6.92 Å². The highest BCUT2D eigenvalue weighted by molar-refractivity contribution is 5.78. The fraction of sp³-hybridized carbons (Fsp3) is 0.500. The molecule has 94 valence electrons. The molecular formula is C12H20N4O. The maximum absolute atomic E-state index is 11.4. The number of pyridine rings is 1. The zero-order valence-corrected chi connectivity index (χ0v) is 10.8. The normalized spacial score (nSPS) is 11.8. The van der Waals surface area contributed by atoms with Gasteiger partial charge in [-0.05, 0) is 12.1 Å². The van der Waals surface area contributed by atoms with Crippen LogP contribution in [0.4, 0.5) is 11.6 Å². The Labute approximate surface area is 102 Å². The van der Waals surface area contributed by atoms with Crippen molar-refractivity contribution in [1.29, 1.82) is 0 Å². The molecule has 1 aromatic heterocycles. The van der Waals surface area contributed by atoms with Crippen molar-refractivity contribution < 1.29 is 4.79 Å². The van der Waals surface area contributed by atoms with Crippen LogP contribution in [0.1, 0.15) is 6.92 Å². The van der Waals surface area contributed by atoms with E-state index in [1.807, 2.05) is 44.1 Å². The minimum absolute atomic E-state index is 0.0432. The molecule has 1 unspecified atom stereocenters. The molecule has 17 heavy (non-hydrogen) atoms. The van der Waals surface area contributed by atoms with Crippen LogP contribution in [0.3, 0.4) is 0 Å². The number of carbonyl (C=O) groups excluding carboxylic acids is 1. The van der Waals surface area contributed by atoms with Gasteiger partial charge in [0.2, 0.25) is 5.91 Å². The van der Waals surface area contributed by atoms with E-state index in [-0.39, 0.29) is 11.8 Å². The van der Waals surface area contributed by atoms with Gasteiger partial charge in [0.25, 0.3) is 0 Å². The van der Waals surface area contributed by atoms with Crippen LogP contribution in [0.15, 0.2) is 18.2 Å². The largest absolute Gasteiger partial charge is 0.373 e. The standard InChI is InChI=1S/C12H20N4O/c1-9(12(17)14-3)8-16(4)11-7-5-6-10(13-2)15-11/h5-7,9H,8H2,1-4H3,(H,13,15)(H,14,17). The lowest BCUT2D eigenvalue weighted by Crippen LogP contribution is -2.34. The van der Waals surface area contributed by atoms with Gasteiger partial charge in [0.15, 0.2) is 0 Å². The van der Waals surface area contributed by atoms with E-state index in [1.54, 1.807) is 7.05 Å². The Kier molecular flexibility index (Phi) is 4.75. The maximum atomic E-state index is 11.4. The summed E-state index contributed by atoms with van der Waals surface area (Å²) < 4.78 is 0. The number of nitrogens with zero attached hydrogens (tertiary/aromatic N) is 2. The number of aromatic nitrogens is 1. The number of rotatable bonds is 5. The second-order valence-corrected chi connectivity index (χ2v) is 4.03. The molecule has 0 bridgehead atoms. The van der Waals surface area contributed by atoms with Gasteiger partial charge >= 0.3 is 0 Å². The molecule has 1 aromatic rings.